The van der Waals surface area contributed by atoms with E-state index in [0.29, 0.717) is 0 Å². The SMILES string of the molecule is CCNC(=NCC(C)(C)c1ccc(CC)cc1)NCC1CCN(C)C1.I. The van der Waals surface area contributed by atoms with Crippen LogP contribution in [0.1, 0.15) is 45.2 Å². The lowest BCUT2D eigenvalue weighted by Gasteiger charge is -2.24. The number of benzene rings is 1. The molecule has 0 saturated carbocycles. The summed E-state index contributed by atoms with van der Waals surface area (Å²) in [6, 6.07) is 8.98. The zero-order valence-corrected chi connectivity index (χ0v) is 19.5. The van der Waals surface area contributed by atoms with Gasteiger partial charge in [0, 0.05) is 25.0 Å². The summed E-state index contributed by atoms with van der Waals surface area (Å²) in [5, 5.41) is 6.92. The first-order valence-electron chi connectivity index (χ1n) is 9.74. The molecule has 0 spiro atoms. The topological polar surface area (TPSA) is 39.7 Å². The average Bonchev–Trinajstić information content (AvgIpc) is 3.03. The van der Waals surface area contributed by atoms with Crippen molar-refractivity contribution in [1.29, 1.82) is 0 Å². The first-order chi connectivity index (χ1) is 11.9. The monoisotopic (exact) mass is 472 g/mol. The molecule has 1 saturated heterocycles. The van der Waals surface area contributed by atoms with Crippen LogP contribution < -0.4 is 10.6 Å². The fourth-order valence-electron chi connectivity index (χ4n) is 3.34. The number of rotatable bonds is 7. The van der Waals surface area contributed by atoms with E-state index in [2.05, 4.69) is 74.5 Å². The van der Waals surface area contributed by atoms with Gasteiger partial charge in [0.25, 0.3) is 0 Å². The molecule has 1 aromatic rings. The smallest absolute Gasteiger partial charge is 0.191 e. The highest BCUT2D eigenvalue weighted by atomic mass is 127. The summed E-state index contributed by atoms with van der Waals surface area (Å²) in [6.45, 7) is 13.9. The molecule has 1 unspecified atom stereocenters. The molecular weight excluding hydrogens is 435 g/mol. The van der Waals surface area contributed by atoms with Crippen molar-refractivity contribution in [3.8, 4) is 0 Å². The van der Waals surface area contributed by atoms with E-state index in [-0.39, 0.29) is 29.4 Å². The van der Waals surface area contributed by atoms with E-state index in [1.165, 1.54) is 30.6 Å². The van der Waals surface area contributed by atoms with E-state index in [1.54, 1.807) is 0 Å². The van der Waals surface area contributed by atoms with Crippen molar-refractivity contribution >= 4 is 29.9 Å². The van der Waals surface area contributed by atoms with Gasteiger partial charge in [-0.25, -0.2) is 0 Å². The van der Waals surface area contributed by atoms with Crippen LogP contribution in [0.25, 0.3) is 0 Å². The summed E-state index contributed by atoms with van der Waals surface area (Å²) in [5.74, 6) is 1.67. The number of hydrogen-bond donors (Lipinski definition) is 2. The molecular formula is C21H37IN4. The van der Waals surface area contributed by atoms with E-state index in [1.807, 2.05) is 0 Å². The Morgan fingerprint density at radius 1 is 1.19 bits per heavy atom. The van der Waals surface area contributed by atoms with Crippen LogP contribution in [0.4, 0.5) is 0 Å². The van der Waals surface area contributed by atoms with Crippen molar-refractivity contribution in [2.75, 3.05) is 39.8 Å². The molecule has 5 heteroatoms. The van der Waals surface area contributed by atoms with Crippen LogP contribution in [0.15, 0.2) is 29.3 Å². The van der Waals surface area contributed by atoms with Crippen LogP contribution in [-0.2, 0) is 11.8 Å². The normalized spacial score (nSPS) is 18.5. The quantitative estimate of drug-likeness (QED) is 0.362. The number of likely N-dealkylation sites (tertiary alicyclic amines) is 1. The number of guanidine groups is 1. The molecule has 0 bridgehead atoms. The maximum Gasteiger partial charge on any atom is 0.191 e. The van der Waals surface area contributed by atoms with Gasteiger partial charge in [0.15, 0.2) is 5.96 Å². The molecule has 0 aliphatic carbocycles. The van der Waals surface area contributed by atoms with Gasteiger partial charge in [-0.2, -0.15) is 0 Å². The summed E-state index contributed by atoms with van der Waals surface area (Å²) in [5.41, 5.74) is 2.77. The van der Waals surface area contributed by atoms with Gasteiger partial charge < -0.3 is 15.5 Å². The third kappa shape index (κ3) is 7.06. The molecule has 1 heterocycles. The van der Waals surface area contributed by atoms with E-state index in [0.717, 1.165) is 37.9 Å². The zero-order chi connectivity index (χ0) is 18.3. The highest BCUT2D eigenvalue weighted by Crippen LogP contribution is 2.24. The highest BCUT2D eigenvalue weighted by Gasteiger charge is 2.21. The van der Waals surface area contributed by atoms with Crippen LogP contribution in [0, 0.1) is 5.92 Å². The van der Waals surface area contributed by atoms with Crippen LogP contribution in [0.3, 0.4) is 0 Å². The summed E-state index contributed by atoms with van der Waals surface area (Å²) in [7, 11) is 2.20. The first-order valence-corrected chi connectivity index (χ1v) is 9.74. The summed E-state index contributed by atoms with van der Waals surface area (Å²) in [6.07, 6.45) is 2.36. The van der Waals surface area contributed by atoms with Gasteiger partial charge >= 0.3 is 0 Å². The number of nitrogens with one attached hydrogen (secondary N) is 2. The Hall–Kier alpha value is -0.820. The van der Waals surface area contributed by atoms with Crippen molar-refractivity contribution in [3.63, 3.8) is 0 Å². The lowest BCUT2D eigenvalue weighted by atomic mass is 9.84. The summed E-state index contributed by atoms with van der Waals surface area (Å²) < 4.78 is 0. The standard InChI is InChI=1S/C21H36N4.HI/c1-6-17-8-10-19(11-9-17)21(3,4)16-24-20(22-7-2)23-14-18-12-13-25(5)15-18;/h8-11,18H,6-7,12-16H2,1-5H3,(H2,22,23,24);1H. The minimum atomic E-state index is 0. The van der Waals surface area contributed by atoms with Crippen molar-refractivity contribution in [2.45, 2.75) is 46.0 Å². The fourth-order valence-corrected chi connectivity index (χ4v) is 3.34. The molecule has 26 heavy (non-hydrogen) atoms. The third-order valence-electron chi connectivity index (χ3n) is 5.17. The second-order valence-electron chi connectivity index (χ2n) is 7.93. The summed E-state index contributed by atoms with van der Waals surface area (Å²) in [4.78, 5) is 7.27. The number of aryl methyl sites for hydroxylation is 1. The van der Waals surface area contributed by atoms with Crippen molar-refractivity contribution in [1.82, 2.24) is 15.5 Å². The largest absolute Gasteiger partial charge is 0.357 e. The maximum absolute atomic E-state index is 4.86. The molecule has 4 nitrogen and oxygen atoms in total. The Morgan fingerprint density at radius 2 is 1.88 bits per heavy atom. The molecule has 0 amide bonds. The minimum Gasteiger partial charge on any atom is -0.357 e. The molecule has 1 aromatic carbocycles. The lowest BCUT2D eigenvalue weighted by molar-refractivity contribution is 0.393. The second-order valence-corrected chi connectivity index (χ2v) is 7.93. The van der Waals surface area contributed by atoms with E-state index in [4.69, 9.17) is 4.99 Å². The molecule has 1 atom stereocenters. The van der Waals surface area contributed by atoms with Gasteiger partial charge in [0.1, 0.15) is 0 Å². The predicted octanol–water partition coefficient (Wildman–Crippen LogP) is 3.65. The maximum atomic E-state index is 4.86. The number of hydrogen-bond acceptors (Lipinski definition) is 2. The number of halogens is 1. The number of nitrogens with zero attached hydrogens (tertiary/aromatic N) is 2. The second kappa shape index (κ2) is 11.1. The Morgan fingerprint density at radius 3 is 2.42 bits per heavy atom. The molecule has 0 aromatic heterocycles. The van der Waals surface area contributed by atoms with Crippen LogP contribution in [-0.4, -0.2) is 50.6 Å². The van der Waals surface area contributed by atoms with Gasteiger partial charge in [-0.3, -0.25) is 4.99 Å². The average molecular weight is 472 g/mol. The van der Waals surface area contributed by atoms with Gasteiger partial charge in [-0.15, -0.1) is 24.0 Å². The van der Waals surface area contributed by atoms with Crippen LogP contribution in [0.5, 0.6) is 0 Å². The molecule has 1 aliphatic rings. The van der Waals surface area contributed by atoms with Gasteiger partial charge in [0.2, 0.25) is 0 Å². The van der Waals surface area contributed by atoms with Crippen molar-refractivity contribution in [2.24, 2.45) is 10.9 Å². The van der Waals surface area contributed by atoms with Crippen molar-refractivity contribution in [3.05, 3.63) is 35.4 Å². The van der Waals surface area contributed by atoms with Gasteiger partial charge in [-0.05, 0) is 50.4 Å². The third-order valence-corrected chi connectivity index (χ3v) is 5.17. The minimum absolute atomic E-state index is 0. The van der Waals surface area contributed by atoms with Crippen LogP contribution in [0.2, 0.25) is 0 Å². The number of aliphatic imine (C=N–C) groups is 1. The Kier molecular flexibility index (Phi) is 9.93. The summed E-state index contributed by atoms with van der Waals surface area (Å²) >= 11 is 0. The molecule has 1 aliphatic heterocycles. The fraction of sp³-hybridized carbons (Fsp3) is 0.667. The Labute approximate surface area is 177 Å². The predicted molar refractivity (Wildman–Crippen MR) is 124 cm³/mol. The zero-order valence-electron chi connectivity index (χ0n) is 17.1. The van der Waals surface area contributed by atoms with Gasteiger partial charge in [-0.1, -0.05) is 45.0 Å². The Balaban J connectivity index is 0.00000338. The van der Waals surface area contributed by atoms with Crippen LogP contribution >= 0.6 is 24.0 Å². The molecule has 0 radical (unpaired) electrons. The molecule has 2 rings (SSSR count). The molecule has 148 valence electrons. The molecule has 2 N–H and O–H groups in total. The van der Waals surface area contributed by atoms with E-state index >= 15 is 0 Å². The van der Waals surface area contributed by atoms with Gasteiger partial charge in [0.05, 0.1) is 6.54 Å². The molecule has 1 fully saturated rings. The first kappa shape index (κ1) is 23.2. The van der Waals surface area contributed by atoms with E-state index < -0.39 is 0 Å². The lowest BCUT2D eigenvalue weighted by Crippen LogP contribution is -2.41. The highest BCUT2D eigenvalue weighted by molar-refractivity contribution is 14.0. The van der Waals surface area contributed by atoms with E-state index in [9.17, 15) is 0 Å². The Bertz CT molecular complexity index is 554. The van der Waals surface area contributed by atoms with Crippen molar-refractivity contribution < 1.29 is 0 Å².